The third-order valence-corrected chi connectivity index (χ3v) is 9.66. The Morgan fingerprint density at radius 2 is 1.80 bits per heavy atom. The van der Waals surface area contributed by atoms with Crippen LogP contribution in [0.15, 0.2) is 52.7 Å². The molecule has 0 aliphatic carbocycles. The minimum Gasteiger partial charge on any atom is -0.348 e. The quantitative estimate of drug-likeness (QED) is 0.441. The van der Waals surface area contributed by atoms with E-state index < -0.39 is 15.1 Å². The summed E-state index contributed by atoms with van der Waals surface area (Å²) in [6.45, 7) is 3.42. The van der Waals surface area contributed by atoms with Crippen molar-refractivity contribution in [3.63, 3.8) is 0 Å². The summed E-state index contributed by atoms with van der Waals surface area (Å²) >= 11 is 13.8. The van der Waals surface area contributed by atoms with Crippen molar-refractivity contribution >= 4 is 49.5 Å². The predicted molar refractivity (Wildman–Crippen MR) is 126 cm³/mol. The SMILES string of the molecule is CCc1ccc(-c2csc(N3CCC(S(=O)(=O)c4cccc(Cl)c4Cl)CC3)n2)cc1. The first-order chi connectivity index (χ1) is 14.4. The third-order valence-electron chi connectivity index (χ3n) is 5.52. The Morgan fingerprint density at radius 1 is 1.10 bits per heavy atom. The van der Waals surface area contributed by atoms with Crippen LogP contribution >= 0.6 is 34.5 Å². The Balaban J connectivity index is 1.46. The average molecular weight is 481 g/mol. The molecule has 0 spiro atoms. The summed E-state index contributed by atoms with van der Waals surface area (Å²) in [6.07, 6.45) is 2.08. The second kappa shape index (κ2) is 8.87. The number of hydrogen-bond donors (Lipinski definition) is 0. The molecule has 0 amide bonds. The number of rotatable bonds is 5. The Labute approximate surface area is 191 Å². The number of halogens is 2. The number of sulfone groups is 1. The number of benzene rings is 2. The highest BCUT2D eigenvalue weighted by atomic mass is 35.5. The molecular formula is C22H22Cl2N2O2S2. The molecule has 4 nitrogen and oxygen atoms in total. The molecule has 0 unspecified atom stereocenters. The first-order valence-electron chi connectivity index (χ1n) is 9.88. The van der Waals surface area contributed by atoms with Crippen LogP contribution < -0.4 is 4.90 Å². The van der Waals surface area contributed by atoms with Crippen LogP contribution in [-0.4, -0.2) is 31.7 Å². The number of piperidine rings is 1. The van der Waals surface area contributed by atoms with Gasteiger partial charge in [0.15, 0.2) is 15.0 Å². The van der Waals surface area contributed by atoms with Gasteiger partial charge in [-0.05, 0) is 37.0 Å². The Hall–Kier alpha value is -1.60. The van der Waals surface area contributed by atoms with Crippen LogP contribution in [0.25, 0.3) is 11.3 Å². The van der Waals surface area contributed by atoms with Gasteiger partial charge in [-0.1, -0.05) is 60.5 Å². The Bertz CT molecular complexity index is 1140. The average Bonchev–Trinajstić information content (AvgIpc) is 3.26. The molecule has 1 fully saturated rings. The van der Waals surface area contributed by atoms with E-state index in [1.807, 2.05) is 0 Å². The molecule has 1 aliphatic rings. The number of thiazole rings is 1. The van der Waals surface area contributed by atoms with Crippen LogP contribution in [0.4, 0.5) is 5.13 Å². The summed E-state index contributed by atoms with van der Waals surface area (Å²) < 4.78 is 26.1. The summed E-state index contributed by atoms with van der Waals surface area (Å²) in [4.78, 5) is 7.08. The number of nitrogens with zero attached hydrogens (tertiary/aromatic N) is 2. The number of hydrogen-bond acceptors (Lipinski definition) is 5. The number of aromatic nitrogens is 1. The predicted octanol–water partition coefficient (Wildman–Crippen LogP) is 6.12. The van der Waals surface area contributed by atoms with Gasteiger partial charge in [-0.2, -0.15) is 0 Å². The van der Waals surface area contributed by atoms with E-state index in [2.05, 4.69) is 41.5 Å². The molecule has 2 heterocycles. The smallest absolute Gasteiger partial charge is 0.185 e. The van der Waals surface area contributed by atoms with Crippen LogP contribution in [0.3, 0.4) is 0 Å². The van der Waals surface area contributed by atoms with E-state index >= 15 is 0 Å². The molecule has 1 saturated heterocycles. The zero-order valence-electron chi connectivity index (χ0n) is 16.5. The van der Waals surface area contributed by atoms with E-state index in [9.17, 15) is 8.42 Å². The van der Waals surface area contributed by atoms with Crippen LogP contribution in [0.1, 0.15) is 25.3 Å². The maximum Gasteiger partial charge on any atom is 0.185 e. The fourth-order valence-electron chi connectivity index (χ4n) is 3.69. The lowest BCUT2D eigenvalue weighted by molar-refractivity contribution is 0.529. The van der Waals surface area contributed by atoms with E-state index in [-0.39, 0.29) is 14.9 Å². The highest BCUT2D eigenvalue weighted by Crippen LogP contribution is 2.35. The second-order valence-electron chi connectivity index (χ2n) is 7.35. The highest BCUT2D eigenvalue weighted by molar-refractivity contribution is 7.92. The standard InChI is InChI=1S/C22H22Cl2N2O2S2/c1-2-15-6-8-16(9-7-15)19-14-29-22(25-19)26-12-10-17(11-13-26)30(27,28)20-5-3-4-18(23)21(20)24/h3-9,14,17H,2,10-13H2,1H3. The van der Waals surface area contributed by atoms with Crippen molar-refractivity contribution in [1.82, 2.24) is 4.98 Å². The van der Waals surface area contributed by atoms with Gasteiger partial charge < -0.3 is 4.90 Å². The normalized spacial score (nSPS) is 15.5. The maximum absolute atomic E-state index is 13.1. The molecule has 0 radical (unpaired) electrons. The molecule has 4 rings (SSSR count). The van der Waals surface area contributed by atoms with Crippen LogP contribution in [0, 0.1) is 0 Å². The van der Waals surface area contributed by atoms with Crippen molar-refractivity contribution < 1.29 is 8.42 Å². The lowest BCUT2D eigenvalue weighted by Gasteiger charge is -2.31. The van der Waals surface area contributed by atoms with Gasteiger partial charge in [0.1, 0.15) is 0 Å². The summed E-state index contributed by atoms with van der Waals surface area (Å²) in [6, 6.07) is 13.2. The van der Waals surface area contributed by atoms with Crippen molar-refractivity contribution in [2.24, 2.45) is 0 Å². The zero-order valence-corrected chi connectivity index (χ0v) is 19.7. The topological polar surface area (TPSA) is 50.3 Å². The molecule has 0 bridgehead atoms. The highest BCUT2D eigenvalue weighted by Gasteiger charge is 2.33. The van der Waals surface area contributed by atoms with E-state index in [1.165, 1.54) is 11.6 Å². The van der Waals surface area contributed by atoms with Crippen molar-refractivity contribution in [2.45, 2.75) is 36.3 Å². The van der Waals surface area contributed by atoms with Crippen LogP contribution in [-0.2, 0) is 16.3 Å². The Kier molecular flexibility index (Phi) is 6.39. The van der Waals surface area contributed by atoms with Crippen LogP contribution in [0.2, 0.25) is 10.0 Å². The molecule has 1 aliphatic heterocycles. The van der Waals surface area contributed by atoms with Crippen molar-refractivity contribution in [2.75, 3.05) is 18.0 Å². The molecule has 0 saturated carbocycles. The fraction of sp³-hybridized carbons (Fsp3) is 0.318. The number of aryl methyl sites for hydroxylation is 1. The van der Waals surface area contributed by atoms with Gasteiger partial charge in [-0.3, -0.25) is 0 Å². The van der Waals surface area contributed by atoms with Gasteiger partial charge in [0, 0.05) is 24.0 Å². The monoisotopic (exact) mass is 480 g/mol. The van der Waals surface area contributed by atoms with Gasteiger partial charge in [-0.15, -0.1) is 11.3 Å². The third kappa shape index (κ3) is 4.24. The lowest BCUT2D eigenvalue weighted by Crippen LogP contribution is -2.39. The Morgan fingerprint density at radius 3 is 2.47 bits per heavy atom. The van der Waals surface area contributed by atoms with E-state index in [0.717, 1.165) is 22.8 Å². The van der Waals surface area contributed by atoms with Gasteiger partial charge in [0.05, 0.1) is 25.9 Å². The van der Waals surface area contributed by atoms with E-state index in [0.29, 0.717) is 25.9 Å². The zero-order chi connectivity index (χ0) is 21.3. The molecule has 30 heavy (non-hydrogen) atoms. The minimum atomic E-state index is -3.53. The molecule has 0 atom stereocenters. The van der Waals surface area contributed by atoms with Gasteiger partial charge in [0.2, 0.25) is 0 Å². The summed E-state index contributed by atoms with van der Waals surface area (Å²) in [5, 5.41) is 2.90. The van der Waals surface area contributed by atoms with Gasteiger partial charge >= 0.3 is 0 Å². The largest absolute Gasteiger partial charge is 0.348 e. The first-order valence-corrected chi connectivity index (χ1v) is 13.1. The lowest BCUT2D eigenvalue weighted by atomic mass is 10.1. The summed E-state index contributed by atoms with van der Waals surface area (Å²) in [5.74, 6) is 0. The first kappa shape index (κ1) is 21.6. The molecule has 1 aromatic heterocycles. The summed E-state index contributed by atoms with van der Waals surface area (Å²) in [5.41, 5.74) is 3.36. The van der Waals surface area contributed by atoms with E-state index in [4.69, 9.17) is 28.2 Å². The molecule has 0 N–H and O–H groups in total. The van der Waals surface area contributed by atoms with Crippen molar-refractivity contribution in [1.29, 1.82) is 0 Å². The van der Waals surface area contributed by atoms with Crippen molar-refractivity contribution in [3.05, 3.63) is 63.5 Å². The van der Waals surface area contributed by atoms with Gasteiger partial charge in [0.25, 0.3) is 0 Å². The molecule has 8 heteroatoms. The van der Waals surface area contributed by atoms with Crippen LogP contribution in [0.5, 0.6) is 0 Å². The number of anilines is 1. The summed E-state index contributed by atoms with van der Waals surface area (Å²) in [7, 11) is -3.53. The van der Waals surface area contributed by atoms with Gasteiger partial charge in [-0.25, -0.2) is 13.4 Å². The fourth-order valence-corrected chi connectivity index (χ4v) is 7.08. The molecule has 158 valence electrons. The maximum atomic E-state index is 13.1. The molecule has 2 aromatic carbocycles. The van der Waals surface area contributed by atoms with Crippen molar-refractivity contribution in [3.8, 4) is 11.3 Å². The molecular weight excluding hydrogens is 459 g/mol. The second-order valence-corrected chi connectivity index (χ2v) is 11.2. The molecule has 3 aromatic rings. The minimum absolute atomic E-state index is 0.111. The van der Waals surface area contributed by atoms with E-state index in [1.54, 1.807) is 23.5 Å².